The monoisotopic (exact) mass is 331 g/mol. The fourth-order valence-corrected chi connectivity index (χ4v) is 2.04. The molecule has 4 heteroatoms. The highest BCUT2D eigenvalue weighted by atomic mass is 79.9. The highest BCUT2D eigenvalue weighted by Gasteiger charge is 1.96. The molecule has 0 atom stereocenters. The molecule has 0 aromatic heterocycles. The summed E-state index contributed by atoms with van der Waals surface area (Å²) in [6.07, 6.45) is 1.04. The molecule has 0 fully saturated rings. The number of aryl methyl sites for hydroxylation is 1. The molecule has 0 aliphatic carbocycles. The van der Waals surface area contributed by atoms with Gasteiger partial charge in [-0.05, 0) is 41.8 Å². The minimum absolute atomic E-state index is 0.428. The van der Waals surface area contributed by atoms with Crippen molar-refractivity contribution in [2.45, 2.75) is 19.9 Å². The zero-order valence-electron chi connectivity index (χ0n) is 11.4. The van der Waals surface area contributed by atoms with Gasteiger partial charge in [-0.15, -0.1) is 0 Å². The minimum Gasteiger partial charge on any atom is -0.370 e. The smallest absolute Gasteiger partial charge is 0.193 e. The van der Waals surface area contributed by atoms with Crippen molar-refractivity contribution in [1.29, 1.82) is 0 Å². The van der Waals surface area contributed by atoms with Crippen LogP contribution in [0.2, 0.25) is 0 Å². The van der Waals surface area contributed by atoms with Crippen LogP contribution in [0, 0.1) is 0 Å². The zero-order chi connectivity index (χ0) is 14.4. The van der Waals surface area contributed by atoms with Crippen LogP contribution in [0.1, 0.15) is 18.1 Å². The van der Waals surface area contributed by atoms with E-state index in [0.29, 0.717) is 12.5 Å². The molecule has 2 rings (SSSR count). The highest BCUT2D eigenvalue weighted by molar-refractivity contribution is 9.10. The summed E-state index contributed by atoms with van der Waals surface area (Å²) in [7, 11) is 0. The molecule has 2 aromatic rings. The van der Waals surface area contributed by atoms with Gasteiger partial charge in [0.1, 0.15) is 0 Å². The van der Waals surface area contributed by atoms with E-state index in [1.165, 1.54) is 5.56 Å². The second kappa shape index (κ2) is 7.10. The normalized spacial score (nSPS) is 11.4. The Balaban J connectivity index is 1.94. The largest absolute Gasteiger partial charge is 0.370 e. The van der Waals surface area contributed by atoms with Crippen molar-refractivity contribution in [3.8, 4) is 0 Å². The number of nitrogens with two attached hydrogens (primary N) is 1. The number of halogens is 1. The van der Waals surface area contributed by atoms with Crippen molar-refractivity contribution < 1.29 is 0 Å². The maximum Gasteiger partial charge on any atom is 0.193 e. The van der Waals surface area contributed by atoms with Crippen LogP contribution in [0.15, 0.2) is 58.0 Å². The molecule has 0 heterocycles. The van der Waals surface area contributed by atoms with Gasteiger partial charge >= 0.3 is 0 Å². The van der Waals surface area contributed by atoms with Gasteiger partial charge in [-0.2, -0.15) is 0 Å². The van der Waals surface area contributed by atoms with Gasteiger partial charge in [0.05, 0.1) is 6.54 Å². The summed E-state index contributed by atoms with van der Waals surface area (Å²) in [5.74, 6) is 0.428. The van der Waals surface area contributed by atoms with E-state index in [1.807, 2.05) is 36.4 Å². The van der Waals surface area contributed by atoms with E-state index in [0.717, 1.165) is 22.1 Å². The van der Waals surface area contributed by atoms with Crippen molar-refractivity contribution in [3.05, 3.63) is 64.1 Å². The number of aliphatic imine (C=N–C) groups is 1. The van der Waals surface area contributed by atoms with Crippen molar-refractivity contribution in [3.63, 3.8) is 0 Å². The number of rotatable bonds is 4. The van der Waals surface area contributed by atoms with Crippen LogP contribution in [0.3, 0.4) is 0 Å². The Kier molecular flexibility index (Phi) is 5.18. The van der Waals surface area contributed by atoms with Gasteiger partial charge in [-0.25, -0.2) is 4.99 Å². The van der Waals surface area contributed by atoms with E-state index in [2.05, 4.69) is 45.3 Å². The first-order valence-electron chi connectivity index (χ1n) is 6.57. The Morgan fingerprint density at radius 2 is 1.65 bits per heavy atom. The fourth-order valence-electron chi connectivity index (χ4n) is 1.78. The summed E-state index contributed by atoms with van der Waals surface area (Å²) in [6, 6.07) is 16.3. The first kappa shape index (κ1) is 14.6. The van der Waals surface area contributed by atoms with Crippen LogP contribution >= 0.6 is 15.9 Å². The number of nitrogens with one attached hydrogen (secondary N) is 1. The molecule has 0 aliphatic rings. The molecule has 0 saturated carbocycles. The van der Waals surface area contributed by atoms with Crippen molar-refractivity contribution in [1.82, 2.24) is 0 Å². The van der Waals surface area contributed by atoms with E-state index in [1.54, 1.807) is 0 Å². The van der Waals surface area contributed by atoms with Crippen LogP contribution < -0.4 is 11.1 Å². The molecule has 2 aromatic carbocycles. The molecule has 0 spiro atoms. The Hall–Kier alpha value is -1.81. The number of benzene rings is 2. The third kappa shape index (κ3) is 4.38. The number of hydrogen-bond acceptors (Lipinski definition) is 1. The van der Waals surface area contributed by atoms with E-state index >= 15 is 0 Å². The standard InChI is InChI=1S/C16H18BrN3/c1-2-12-5-9-15(10-6-12)20-16(18)19-11-13-3-7-14(17)8-4-13/h3-10H,2,11H2,1H3,(H3,18,19,20). The van der Waals surface area contributed by atoms with Gasteiger partial charge in [0, 0.05) is 10.2 Å². The first-order chi connectivity index (χ1) is 9.67. The van der Waals surface area contributed by atoms with E-state index in [-0.39, 0.29) is 0 Å². The molecule has 0 radical (unpaired) electrons. The number of hydrogen-bond donors (Lipinski definition) is 2. The van der Waals surface area contributed by atoms with Crippen molar-refractivity contribution in [2.24, 2.45) is 10.7 Å². The van der Waals surface area contributed by atoms with Crippen LogP contribution in [0.5, 0.6) is 0 Å². The van der Waals surface area contributed by atoms with Gasteiger partial charge < -0.3 is 11.1 Å². The number of guanidine groups is 1. The lowest BCUT2D eigenvalue weighted by Crippen LogP contribution is -2.22. The van der Waals surface area contributed by atoms with Gasteiger partial charge in [0.25, 0.3) is 0 Å². The van der Waals surface area contributed by atoms with E-state index < -0.39 is 0 Å². The second-order valence-corrected chi connectivity index (χ2v) is 5.42. The summed E-state index contributed by atoms with van der Waals surface area (Å²) >= 11 is 3.41. The Bertz CT molecular complexity index is 574. The minimum atomic E-state index is 0.428. The average Bonchev–Trinajstić information content (AvgIpc) is 2.47. The average molecular weight is 332 g/mol. The number of nitrogens with zero attached hydrogens (tertiary/aromatic N) is 1. The number of anilines is 1. The lowest BCUT2D eigenvalue weighted by molar-refractivity contribution is 1.06. The van der Waals surface area contributed by atoms with Crippen LogP contribution in [-0.4, -0.2) is 5.96 Å². The topological polar surface area (TPSA) is 50.4 Å². The quantitative estimate of drug-likeness (QED) is 0.658. The molecule has 0 bridgehead atoms. The van der Waals surface area contributed by atoms with E-state index in [4.69, 9.17) is 5.73 Å². The third-order valence-corrected chi connectivity index (χ3v) is 3.51. The third-order valence-electron chi connectivity index (χ3n) is 2.98. The summed E-state index contributed by atoms with van der Waals surface area (Å²) in [5, 5.41) is 3.09. The summed E-state index contributed by atoms with van der Waals surface area (Å²) in [5.41, 5.74) is 9.27. The lowest BCUT2D eigenvalue weighted by Gasteiger charge is -2.06. The van der Waals surface area contributed by atoms with Crippen LogP contribution in [0.4, 0.5) is 5.69 Å². The molecule has 3 N–H and O–H groups in total. The Labute approximate surface area is 128 Å². The van der Waals surface area contributed by atoms with Crippen molar-refractivity contribution in [2.75, 3.05) is 5.32 Å². The fraction of sp³-hybridized carbons (Fsp3) is 0.188. The summed E-state index contributed by atoms with van der Waals surface area (Å²) < 4.78 is 1.06. The molecule has 3 nitrogen and oxygen atoms in total. The lowest BCUT2D eigenvalue weighted by atomic mass is 10.1. The molecule has 0 saturated heterocycles. The molecule has 0 aliphatic heterocycles. The summed E-state index contributed by atoms with van der Waals surface area (Å²) in [6.45, 7) is 2.70. The highest BCUT2D eigenvalue weighted by Crippen LogP contribution is 2.12. The predicted molar refractivity (Wildman–Crippen MR) is 88.9 cm³/mol. The molecular formula is C16H18BrN3. The molecule has 0 amide bonds. The van der Waals surface area contributed by atoms with Crippen molar-refractivity contribution >= 4 is 27.6 Å². The summed E-state index contributed by atoms with van der Waals surface area (Å²) in [4.78, 5) is 4.33. The van der Waals surface area contributed by atoms with Gasteiger partial charge in [-0.3, -0.25) is 0 Å². The van der Waals surface area contributed by atoms with Crippen LogP contribution in [-0.2, 0) is 13.0 Å². The molecule has 104 valence electrons. The molecular weight excluding hydrogens is 314 g/mol. The molecule has 0 unspecified atom stereocenters. The van der Waals surface area contributed by atoms with Gasteiger partial charge in [0.2, 0.25) is 0 Å². The van der Waals surface area contributed by atoms with E-state index in [9.17, 15) is 0 Å². The Morgan fingerprint density at radius 1 is 1.05 bits per heavy atom. The maximum atomic E-state index is 5.88. The first-order valence-corrected chi connectivity index (χ1v) is 7.37. The van der Waals surface area contributed by atoms with Crippen LogP contribution in [0.25, 0.3) is 0 Å². The van der Waals surface area contributed by atoms with Gasteiger partial charge in [0.15, 0.2) is 5.96 Å². The van der Waals surface area contributed by atoms with Gasteiger partial charge in [-0.1, -0.05) is 47.1 Å². The maximum absolute atomic E-state index is 5.88. The Morgan fingerprint density at radius 3 is 2.25 bits per heavy atom. The molecule has 20 heavy (non-hydrogen) atoms. The SMILES string of the molecule is CCc1ccc(NC(N)=NCc2ccc(Br)cc2)cc1. The second-order valence-electron chi connectivity index (χ2n) is 4.50. The predicted octanol–water partition coefficient (Wildman–Crippen LogP) is 3.94. The zero-order valence-corrected chi connectivity index (χ0v) is 13.0.